The van der Waals surface area contributed by atoms with Crippen LogP contribution in [-0.2, 0) is 0 Å². The summed E-state index contributed by atoms with van der Waals surface area (Å²) in [6, 6.07) is 5.01. The van der Waals surface area contributed by atoms with E-state index in [-0.39, 0.29) is 13.2 Å². The van der Waals surface area contributed by atoms with Gasteiger partial charge in [0.1, 0.15) is 18.5 Å². The number of β-amino-alcohol motifs (C(OH)–C–C–N with tert-alkyl or cyclic N) is 2. The second kappa shape index (κ2) is 8.91. The van der Waals surface area contributed by atoms with Crippen molar-refractivity contribution in [3.63, 3.8) is 0 Å². The van der Waals surface area contributed by atoms with Crippen LogP contribution in [0.1, 0.15) is 0 Å². The molecule has 2 N–H and O–H groups in total. The number of piperazine rings is 1. The van der Waals surface area contributed by atoms with Gasteiger partial charge in [-0.2, -0.15) is 0 Å². The van der Waals surface area contributed by atoms with Gasteiger partial charge in [0, 0.05) is 50.4 Å². The van der Waals surface area contributed by atoms with Crippen molar-refractivity contribution in [2.24, 2.45) is 0 Å². The Bertz CT molecular complexity index is 468. The molecule has 124 valence electrons. The molecule has 22 heavy (non-hydrogen) atoms. The van der Waals surface area contributed by atoms with Crippen LogP contribution in [0.4, 0.5) is 0 Å². The SMILES string of the molecule is OCCN1CCN(CC(O)COc2cc(Cl)ccc2Cl)CC1. The topological polar surface area (TPSA) is 56.2 Å². The van der Waals surface area contributed by atoms with Crippen molar-refractivity contribution in [1.82, 2.24) is 9.80 Å². The highest BCUT2D eigenvalue weighted by Crippen LogP contribution is 2.27. The van der Waals surface area contributed by atoms with E-state index in [0.29, 0.717) is 28.9 Å². The fraction of sp³-hybridized carbons (Fsp3) is 0.600. The van der Waals surface area contributed by atoms with Crippen molar-refractivity contribution < 1.29 is 14.9 Å². The van der Waals surface area contributed by atoms with E-state index in [1.165, 1.54) is 0 Å². The van der Waals surface area contributed by atoms with Crippen LogP contribution in [-0.4, -0.2) is 78.6 Å². The molecule has 0 aliphatic carbocycles. The van der Waals surface area contributed by atoms with Crippen LogP contribution in [0.25, 0.3) is 0 Å². The summed E-state index contributed by atoms with van der Waals surface area (Å²) < 4.78 is 5.54. The number of halogens is 2. The van der Waals surface area contributed by atoms with Crippen LogP contribution in [0.2, 0.25) is 10.0 Å². The first kappa shape index (κ1) is 17.8. The van der Waals surface area contributed by atoms with Gasteiger partial charge in [0.05, 0.1) is 11.6 Å². The van der Waals surface area contributed by atoms with E-state index in [9.17, 15) is 5.11 Å². The van der Waals surface area contributed by atoms with Crippen molar-refractivity contribution in [3.05, 3.63) is 28.2 Å². The van der Waals surface area contributed by atoms with Crippen molar-refractivity contribution in [3.8, 4) is 5.75 Å². The van der Waals surface area contributed by atoms with Gasteiger partial charge in [-0.05, 0) is 12.1 Å². The monoisotopic (exact) mass is 348 g/mol. The minimum absolute atomic E-state index is 0.177. The van der Waals surface area contributed by atoms with Crippen LogP contribution < -0.4 is 4.74 Å². The van der Waals surface area contributed by atoms with Crippen molar-refractivity contribution >= 4 is 23.2 Å². The summed E-state index contributed by atoms with van der Waals surface area (Å²) in [5.74, 6) is 0.487. The second-order valence-corrected chi connectivity index (χ2v) is 6.25. The first-order chi connectivity index (χ1) is 10.6. The predicted molar refractivity (Wildman–Crippen MR) is 87.9 cm³/mol. The number of benzene rings is 1. The van der Waals surface area contributed by atoms with E-state index in [2.05, 4.69) is 9.80 Å². The third-order valence-electron chi connectivity index (χ3n) is 3.67. The van der Waals surface area contributed by atoms with Crippen LogP contribution in [0, 0.1) is 0 Å². The molecule has 2 rings (SSSR count). The molecule has 1 aliphatic heterocycles. The van der Waals surface area contributed by atoms with Gasteiger partial charge in [0.15, 0.2) is 0 Å². The molecule has 0 spiro atoms. The van der Waals surface area contributed by atoms with Crippen LogP contribution >= 0.6 is 23.2 Å². The molecule has 1 unspecified atom stereocenters. The third kappa shape index (κ3) is 5.57. The zero-order chi connectivity index (χ0) is 15.9. The Labute approximate surface area is 141 Å². The molecule has 1 aliphatic rings. The van der Waals surface area contributed by atoms with Crippen LogP contribution in [0.15, 0.2) is 18.2 Å². The Kier molecular flexibility index (Phi) is 7.21. The average molecular weight is 349 g/mol. The van der Waals surface area contributed by atoms with Crippen molar-refractivity contribution in [2.45, 2.75) is 6.10 Å². The smallest absolute Gasteiger partial charge is 0.139 e. The molecule has 7 heteroatoms. The molecule has 0 amide bonds. The summed E-state index contributed by atoms with van der Waals surface area (Å²) in [7, 11) is 0. The van der Waals surface area contributed by atoms with Gasteiger partial charge in [-0.25, -0.2) is 0 Å². The summed E-state index contributed by atoms with van der Waals surface area (Å²) >= 11 is 11.9. The first-order valence-electron chi connectivity index (χ1n) is 7.40. The maximum atomic E-state index is 10.1. The van der Waals surface area contributed by atoms with Crippen LogP contribution in [0.5, 0.6) is 5.75 Å². The fourth-order valence-electron chi connectivity index (χ4n) is 2.46. The molecule has 1 aromatic carbocycles. The fourth-order valence-corrected chi connectivity index (χ4v) is 2.80. The Morgan fingerprint density at radius 1 is 1.14 bits per heavy atom. The Morgan fingerprint density at radius 3 is 2.50 bits per heavy atom. The van der Waals surface area contributed by atoms with E-state index in [0.717, 1.165) is 26.2 Å². The molecular weight excluding hydrogens is 327 g/mol. The maximum Gasteiger partial charge on any atom is 0.139 e. The van der Waals surface area contributed by atoms with E-state index in [1.54, 1.807) is 18.2 Å². The largest absolute Gasteiger partial charge is 0.489 e. The van der Waals surface area contributed by atoms with Crippen molar-refractivity contribution in [2.75, 3.05) is 52.5 Å². The van der Waals surface area contributed by atoms with E-state index in [1.807, 2.05) is 0 Å². The molecule has 0 bridgehead atoms. The van der Waals surface area contributed by atoms with Gasteiger partial charge in [-0.15, -0.1) is 0 Å². The summed E-state index contributed by atoms with van der Waals surface area (Å²) in [5, 5.41) is 20.0. The molecule has 0 saturated carbocycles. The minimum Gasteiger partial charge on any atom is -0.489 e. The normalized spacial score (nSPS) is 18.4. The summed E-state index contributed by atoms with van der Waals surface area (Å²) in [6.45, 7) is 5.23. The van der Waals surface area contributed by atoms with Crippen molar-refractivity contribution in [1.29, 1.82) is 0 Å². The zero-order valence-electron chi connectivity index (χ0n) is 12.4. The molecule has 5 nitrogen and oxygen atoms in total. The predicted octanol–water partition coefficient (Wildman–Crippen LogP) is 1.34. The minimum atomic E-state index is -0.584. The van der Waals surface area contributed by atoms with Gasteiger partial charge in [0.25, 0.3) is 0 Å². The maximum absolute atomic E-state index is 10.1. The quantitative estimate of drug-likeness (QED) is 0.778. The number of nitrogens with zero attached hydrogens (tertiary/aromatic N) is 2. The van der Waals surface area contributed by atoms with E-state index < -0.39 is 6.10 Å². The lowest BCUT2D eigenvalue weighted by Gasteiger charge is -2.35. The van der Waals surface area contributed by atoms with Gasteiger partial charge < -0.3 is 14.9 Å². The van der Waals surface area contributed by atoms with Gasteiger partial charge >= 0.3 is 0 Å². The van der Waals surface area contributed by atoms with Crippen LogP contribution in [0.3, 0.4) is 0 Å². The molecule has 1 fully saturated rings. The van der Waals surface area contributed by atoms with Gasteiger partial charge in [-0.1, -0.05) is 23.2 Å². The summed E-state index contributed by atoms with van der Waals surface area (Å²) in [4.78, 5) is 4.41. The molecule has 1 saturated heterocycles. The Morgan fingerprint density at radius 2 is 1.82 bits per heavy atom. The number of hydrogen-bond acceptors (Lipinski definition) is 5. The lowest BCUT2D eigenvalue weighted by Crippen LogP contribution is -2.49. The average Bonchev–Trinajstić information content (AvgIpc) is 2.50. The lowest BCUT2D eigenvalue weighted by molar-refractivity contribution is 0.0429. The molecule has 1 aromatic rings. The van der Waals surface area contributed by atoms with E-state index in [4.69, 9.17) is 33.0 Å². The molecule has 0 aromatic heterocycles. The van der Waals surface area contributed by atoms with Gasteiger partial charge in [0.2, 0.25) is 0 Å². The Balaban J connectivity index is 1.72. The summed E-state index contributed by atoms with van der Waals surface area (Å²) in [5.41, 5.74) is 0. The number of hydrogen-bond donors (Lipinski definition) is 2. The van der Waals surface area contributed by atoms with E-state index >= 15 is 0 Å². The molecule has 1 heterocycles. The number of aliphatic hydroxyl groups excluding tert-OH is 2. The highest BCUT2D eigenvalue weighted by Gasteiger charge is 2.19. The number of ether oxygens (including phenoxy) is 1. The second-order valence-electron chi connectivity index (χ2n) is 5.41. The Hall–Kier alpha value is -0.560. The van der Waals surface area contributed by atoms with Gasteiger partial charge in [-0.3, -0.25) is 9.80 Å². The zero-order valence-corrected chi connectivity index (χ0v) is 13.9. The lowest BCUT2D eigenvalue weighted by atomic mass is 10.2. The molecular formula is C15H22Cl2N2O3. The third-order valence-corrected chi connectivity index (χ3v) is 4.22. The molecule has 0 radical (unpaired) electrons. The molecule has 1 atom stereocenters. The standard InChI is InChI=1S/C15H22Cl2N2O3/c16-12-1-2-14(17)15(9-12)22-11-13(21)10-19-5-3-18(4-6-19)7-8-20/h1-2,9,13,20-21H,3-8,10-11H2. The highest BCUT2D eigenvalue weighted by atomic mass is 35.5. The first-order valence-corrected chi connectivity index (χ1v) is 8.15. The summed E-state index contributed by atoms with van der Waals surface area (Å²) in [6.07, 6.45) is -0.584. The highest BCUT2D eigenvalue weighted by molar-refractivity contribution is 6.34. The number of aliphatic hydroxyl groups is 2. The number of rotatable bonds is 7.